The summed E-state index contributed by atoms with van der Waals surface area (Å²) in [5.74, 6) is 0.913. The molecule has 2 aromatic carbocycles. The van der Waals surface area contributed by atoms with Crippen molar-refractivity contribution in [3.8, 4) is 0 Å². The average Bonchev–Trinajstić information content (AvgIpc) is 2.53. The number of halogens is 2. The predicted molar refractivity (Wildman–Crippen MR) is 109 cm³/mol. The molecule has 122 valence electrons. The normalized spacial score (nSPS) is 11.8. The van der Waals surface area contributed by atoms with Gasteiger partial charge in [-0.15, -0.1) is 0 Å². The number of alkyl halides is 1. The lowest BCUT2D eigenvalue weighted by Crippen LogP contribution is -1.96. The van der Waals surface area contributed by atoms with Gasteiger partial charge in [0.2, 0.25) is 0 Å². The van der Waals surface area contributed by atoms with Crippen molar-refractivity contribution in [2.75, 3.05) is 0 Å². The summed E-state index contributed by atoms with van der Waals surface area (Å²) in [6.45, 7) is 8.89. The van der Waals surface area contributed by atoms with Crippen LogP contribution in [0.1, 0.15) is 61.8 Å². The highest BCUT2D eigenvalue weighted by molar-refractivity contribution is 9.10. The van der Waals surface area contributed by atoms with Crippen molar-refractivity contribution in [1.29, 1.82) is 0 Å². The van der Waals surface area contributed by atoms with Crippen LogP contribution < -0.4 is 0 Å². The standard InChI is InChI=1S/C20H23Br2N/c1-13(2)17-9-6-10-18(14(3)4)20(17)23-12-16-8-5-7-15(11-21)19(16)22/h5-10,12-14H,11H2,1-4H3. The lowest BCUT2D eigenvalue weighted by Gasteiger charge is -2.16. The third kappa shape index (κ3) is 4.33. The number of benzene rings is 2. The smallest absolute Gasteiger partial charge is 0.0699 e. The maximum Gasteiger partial charge on any atom is 0.0699 e. The summed E-state index contributed by atoms with van der Waals surface area (Å²) in [7, 11) is 0. The first kappa shape index (κ1) is 18.4. The molecule has 0 unspecified atom stereocenters. The Kier molecular flexibility index (Phi) is 6.60. The molecular weight excluding hydrogens is 414 g/mol. The summed E-state index contributed by atoms with van der Waals surface area (Å²) in [6, 6.07) is 12.8. The topological polar surface area (TPSA) is 12.4 Å². The Labute approximate surface area is 156 Å². The molecule has 0 aliphatic carbocycles. The summed E-state index contributed by atoms with van der Waals surface area (Å²) >= 11 is 7.21. The van der Waals surface area contributed by atoms with Crippen LogP contribution in [0.2, 0.25) is 0 Å². The number of hydrogen-bond donors (Lipinski definition) is 0. The molecule has 1 nitrogen and oxygen atoms in total. The first-order valence-electron chi connectivity index (χ1n) is 7.96. The SMILES string of the molecule is CC(C)c1cccc(C(C)C)c1N=Cc1cccc(CBr)c1Br. The second-order valence-corrected chi connectivity index (χ2v) is 7.66. The van der Waals surface area contributed by atoms with E-state index in [0.29, 0.717) is 11.8 Å². The molecule has 0 bridgehead atoms. The summed E-state index contributed by atoms with van der Waals surface area (Å²) in [4.78, 5) is 4.88. The second-order valence-electron chi connectivity index (χ2n) is 6.31. The first-order valence-corrected chi connectivity index (χ1v) is 9.87. The zero-order chi connectivity index (χ0) is 17.0. The van der Waals surface area contributed by atoms with Gasteiger partial charge in [0.1, 0.15) is 0 Å². The molecule has 2 aromatic rings. The molecule has 0 N–H and O–H groups in total. The first-order chi connectivity index (χ1) is 11.0. The van der Waals surface area contributed by atoms with Crippen LogP contribution >= 0.6 is 31.9 Å². The Balaban J connectivity index is 2.51. The number of nitrogens with zero attached hydrogens (tertiary/aromatic N) is 1. The molecule has 0 aromatic heterocycles. The van der Waals surface area contributed by atoms with Crippen LogP contribution in [-0.4, -0.2) is 6.21 Å². The van der Waals surface area contributed by atoms with Crippen LogP contribution in [-0.2, 0) is 5.33 Å². The number of para-hydroxylation sites is 1. The highest BCUT2D eigenvalue weighted by Crippen LogP contribution is 2.35. The van der Waals surface area contributed by atoms with Crippen molar-refractivity contribution in [3.05, 3.63) is 63.1 Å². The van der Waals surface area contributed by atoms with Gasteiger partial charge in [0.05, 0.1) is 5.69 Å². The van der Waals surface area contributed by atoms with Crippen LogP contribution in [0.15, 0.2) is 45.9 Å². The third-order valence-corrected chi connectivity index (χ3v) is 5.50. The molecule has 0 atom stereocenters. The Morgan fingerprint density at radius 1 is 0.957 bits per heavy atom. The maximum absolute atomic E-state index is 4.88. The minimum absolute atomic E-state index is 0.457. The predicted octanol–water partition coefficient (Wildman–Crippen LogP) is 7.34. The lowest BCUT2D eigenvalue weighted by atomic mass is 9.93. The van der Waals surface area contributed by atoms with Crippen LogP contribution in [0.5, 0.6) is 0 Å². The van der Waals surface area contributed by atoms with Gasteiger partial charge in [0.25, 0.3) is 0 Å². The highest BCUT2D eigenvalue weighted by atomic mass is 79.9. The van der Waals surface area contributed by atoms with E-state index in [1.54, 1.807) is 0 Å². The van der Waals surface area contributed by atoms with E-state index >= 15 is 0 Å². The minimum Gasteiger partial charge on any atom is -0.256 e. The van der Waals surface area contributed by atoms with Crippen molar-refractivity contribution >= 4 is 43.8 Å². The van der Waals surface area contributed by atoms with Gasteiger partial charge < -0.3 is 0 Å². The van der Waals surface area contributed by atoms with Crippen LogP contribution in [0.3, 0.4) is 0 Å². The van der Waals surface area contributed by atoms with E-state index in [2.05, 4.69) is 96.0 Å². The monoisotopic (exact) mass is 435 g/mol. The van der Waals surface area contributed by atoms with Gasteiger partial charge in [-0.25, -0.2) is 0 Å². The number of aliphatic imine (C=N–C) groups is 1. The zero-order valence-corrected chi connectivity index (χ0v) is 17.3. The maximum atomic E-state index is 4.88. The van der Waals surface area contributed by atoms with Crippen molar-refractivity contribution in [3.63, 3.8) is 0 Å². The molecule has 0 fully saturated rings. The van der Waals surface area contributed by atoms with Gasteiger partial charge in [-0.1, -0.05) is 80.0 Å². The molecule has 3 heteroatoms. The molecule has 0 radical (unpaired) electrons. The lowest BCUT2D eigenvalue weighted by molar-refractivity contribution is 0.835. The van der Waals surface area contributed by atoms with E-state index in [1.807, 2.05) is 6.21 Å². The fraction of sp³-hybridized carbons (Fsp3) is 0.350. The molecule has 23 heavy (non-hydrogen) atoms. The summed E-state index contributed by atoms with van der Waals surface area (Å²) in [5.41, 5.74) is 6.07. The number of hydrogen-bond acceptors (Lipinski definition) is 1. The Morgan fingerprint density at radius 3 is 2.04 bits per heavy atom. The van der Waals surface area contributed by atoms with Gasteiger partial charge in [-0.05, 0) is 44.5 Å². The van der Waals surface area contributed by atoms with Gasteiger partial charge in [-0.3, -0.25) is 4.99 Å². The van der Waals surface area contributed by atoms with Crippen molar-refractivity contribution in [1.82, 2.24) is 0 Å². The molecule has 0 amide bonds. The molecule has 0 saturated heterocycles. The molecule has 0 saturated carbocycles. The Morgan fingerprint density at radius 2 is 1.52 bits per heavy atom. The van der Waals surface area contributed by atoms with Crippen LogP contribution in [0.4, 0.5) is 5.69 Å². The zero-order valence-electron chi connectivity index (χ0n) is 14.1. The highest BCUT2D eigenvalue weighted by Gasteiger charge is 2.13. The molecular formula is C20H23Br2N. The molecule has 0 heterocycles. The van der Waals surface area contributed by atoms with E-state index in [-0.39, 0.29) is 0 Å². The average molecular weight is 437 g/mol. The van der Waals surface area contributed by atoms with Crippen LogP contribution in [0.25, 0.3) is 0 Å². The van der Waals surface area contributed by atoms with Gasteiger partial charge >= 0.3 is 0 Å². The Hall–Kier alpha value is -0.930. The van der Waals surface area contributed by atoms with E-state index in [0.717, 1.165) is 21.1 Å². The second kappa shape index (κ2) is 8.25. The molecule has 0 spiro atoms. The van der Waals surface area contributed by atoms with Crippen molar-refractivity contribution in [2.24, 2.45) is 4.99 Å². The molecule has 0 aliphatic heterocycles. The van der Waals surface area contributed by atoms with E-state index < -0.39 is 0 Å². The third-order valence-electron chi connectivity index (χ3n) is 3.93. The Bertz CT molecular complexity index is 677. The van der Waals surface area contributed by atoms with E-state index in [9.17, 15) is 0 Å². The van der Waals surface area contributed by atoms with E-state index in [4.69, 9.17) is 4.99 Å². The summed E-state index contributed by atoms with van der Waals surface area (Å²) in [6.07, 6.45) is 1.98. The summed E-state index contributed by atoms with van der Waals surface area (Å²) in [5, 5.41) is 0.828. The van der Waals surface area contributed by atoms with Crippen molar-refractivity contribution in [2.45, 2.75) is 44.9 Å². The quantitative estimate of drug-likeness (QED) is 0.343. The van der Waals surface area contributed by atoms with Crippen molar-refractivity contribution < 1.29 is 0 Å². The van der Waals surface area contributed by atoms with E-state index in [1.165, 1.54) is 16.7 Å². The van der Waals surface area contributed by atoms with Gasteiger partial charge in [0, 0.05) is 21.6 Å². The largest absolute Gasteiger partial charge is 0.256 e. The fourth-order valence-electron chi connectivity index (χ4n) is 2.60. The van der Waals surface area contributed by atoms with Gasteiger partial charge in [0.15, 0.2) is 0 Å². The summed E-state index contributed by atoms with van der Waals surface area (Å²) < 4.78 is 1.11. The molecule has 2 rings (SSSR count). The fourth-order valence-corrected chi connectivity index (χ4v) is 3.95. The molecule has 0 aliphatic rings. The minimum atomic E-state index is 0.457. The van der Waals surface area contributed by atoms with Gasteiger partial charge in [-0.2, -0.15) is 0 Å². The van der Waals surface area contributed by atoms with Crippen LogP contribution in [0, 0.1) is 0 Å². The number of rotatable bonds is 5.